The minimum atomic E-state index is -1.26. The third kappa shape index (κ3) is 4.06. The number of anilines is 1. The Kier molecular flexibility index (Phi) is 5.83. The van der Waals surface area contributed by atoms with Crippen molar-refractivity contribution in [3.8, 4) is 11.5 Å². The fourth-order valence-electron chi connectivity index (χ4n) is 3.08. The van der Waals surface area contributed by atoms with Crippen molar-refractivity contribution in [3.05, 3.63) is 57.4 Å². The van der Waals surface area contributed by atoms with E-state index < -0.39 is 22.9 Å². The van der Waals surface area contributed by atoms with Gasteiger partial charge in [-0.2, -0.15) is 0 Å². The number of halogens is 2. The summed E-state index contributed by atoms with van der Waals surface area (Å²) in [5.74, 6) is -0.768. The van der Waals surface area contributed by atoms with Gasteiger partial charge in [-0.1, -0.05) is 23.7 Å². The van der Waals surface area contributed by atoms with E-state index in [2.05, 4.69) is 0 Å². The molecule has 0 aromatic heterocycles. The molecule has 9 nitrogen and oxygen atoms in total. The molecule has 1 saturated heterocycles. The maximum atomic E-state index is 13.9. The normalized spacial score (nSPS) is 16.4. The van der Waals surface area contributed by atoms with Crippen LogP contribution < -0.4 is 9.64 Å². The zero-order valence-electron chi connectivity index (χ0n) is 14.8. The Morgan fingerprint density at radius 2 is 2.00 bits per heavy atom. The second kappa shape index (κ2) is 8.31. The van der Waals surface area contributed by atoms with Gasteiger partial charge in [-0.3, -0.25) is 15.0 Å². The van der Waals surface area contributed by atoms with Crippen LogP contribution in [-0.4, -0.2) is 53.0 Å². The van der Waals surface area contributed by atoms with Gasteiger partial charge in [0.05, 0.1) is 4.92 Å². The van der Waals surface area contributed by atoms with Gasteiger partial charge in [0.25, 0.3) is 5.69 Å². The predicted octanol–water partition coefficient (Wildman–Crippen LogP) is 3.55. The summed E-state index contributed by atoms with van der Waals surface area (Å²) in [7, 11) is 0. The lowest BCUT2D eigenvalue weighted by Crippen LogP contribution is -2.55. The molecule has 1 amide bonds. The summed E-state index contributed by atoms with van der Waals surface area (Å²) in [6.07, 6.45) is -0.807. The first-order valence-corrected chi connectivity index (χ1v) is 8.80. The van der Waals surface area contributed by atoms with Crippen LogP contribution in [0.2, 0.25) is 5.02 Å². The number of ether oxygens (including phenoxy) is 1. The number of carbonyl (C=O) groups excluding carboxylic acids is 1. The first-order chi connectivity index (χ1) is 13.8. The van der Waals surface area contributed by atoms with E-state index in [1.807, 2.05) is 0 Å². The third-order valence-corrected chi connectivity index (χ3v) is 4.82. The van der Waals surface area contributed by atoms with Crippen LogP contribution in [0.1, 0.15) is 0 Å². The van der Waals surface area contributed by atoms with Gasteiger partial charge in [-0.15, -0.1) is 0 Å². The fraction of sp³-hybridized carbons (Fsp3) is 0.222. The molecule has 152 valence electrons. The number of hydrogen-bond donors (Lipinski definition) is 1. The van der Waals surface area contributed by atoms with E-state index in [4.69, 9.17) is 16.3 Å². The molecule has 3 rings (SSSR count). The molecular weight excluding hydrogens is 409 g/mol. The van der Waals surface area contributed by atoms with E-state index >= 15 is 0 Å². The number of carbonyl (C=O) groups is 2. The summed E-state index contributed by atoms with van der Waals surface area (Å²) in [6, 6.07) is 6.99. The quantitative estimate of drug-likeness (QED) is 0.444. The van der Waals surface area contributed by atoms with Gasteiger partial charge in [0.2, 0.25) is 0 Å². The van der Waals surface area contributed by atoms with Crippen molar-refractivity contribution in [2.75, 3.05) is 24.5 Å². The molecule has 29 heavy (non-hydrogen) atoms. The van der Waals surface area contributed by atoms with Crippen molar-refractivity contribution in [1.29, 1.82) is 0 Å². The maximum Gasteiger partial charge on any atom is 0.408 e. The van der Waals surface area contributed by atoms with Gasteiger partial charge < -0.3 is 19.5 Å². The molecule has 11 heteroatoms. The summed E-state index contributed by atoms with van der Waals surface area (Å²) in [4.78, 5) is 35.9. The van der Waals surface area contributed by atoms with E-state index in [9.17, 15) is 29.2 Å². The Bertz CT molecular complexity index is 973. The van der Waals surface area contributed by atoms with Crippen LogP contribution in [0.15, 0.2) is 36.4 Å². The Morgan fingerprint density at radius 3 is 2.62 bits per heavy atom. The molecule has 1 aliphatic rings. The molecule has 1 aliphatic heterocycles. The number of carboxylic acid groups (broad SMARTS) is 1. The third-order valence-electron chi connectivity index (χ3n) is 4.45. The Morgan fingerprint density at radius 1 is 1.28 bits per heavy atom. The monoisotopic (exact) mass is 423 g/mol. The lowest BCUT2D eigenvalue weighted by atomic mass is 10.1. The minimum absolute atomic E-state index is 0.0133. The molecule has 0 radical (unpaired) electrons. The molecule has 2 aromatic carbocycles. The lowest BCUT2D eigenvalue weighted by molar-refractivity contribution is -0.384. The van der Waals surface area contributed by atoms with E-state index in [0.717, 1.165) is 11.0 Å². The van der Waals surface area contributed by atoms with Gasteiger partial charge in [-0.05, 0) is 18.2 Å². The summed E-state index contributed by atoms with van der Waals surface area (Å²) in [6.45, 7) is -0.107. The number of hydrogen-bond acceptors (Lipinski definition) is 6. The summed E-state index contributed by atoms with van der Waals surface area (Å²) >= 11 is 6.37. The molecular formula is C18H15ClFN3O6. The maximum absolute atomic E-state index is 13.9. The SMILES string of the molecule is O=C[C@H]1CN(c2c([N+](=O)[O-])ccc(Oc3ccccc3F)c2Cl)CCN1C(=O)O. The molecule has 0 unspecified atom stereocenters. The summed E-state index contributed by atoms with van der Waals surface area (Å²) in [5.41, 5.74) is -0.369. The van der Waals surface area contributed by atoms with Crippen molar-refractivity contribution in [3.63, 3.8) is 0 Å². The van der Waals surface area contributed by atoms with Crippen LogP contribution in [0.5, 0.6) is 11.5 Å². The molecule has 0 saturated carbocycles. The van der Waals surface area contributed by atoms with Crippen molar-refractivity contribution >= 4 is 35.4 Å². The van der Waals surface area contributed by atoms with Gasteiger partial charge >= 0.3 is 6.09 Å². The molecule has 2 aromatic rings. The van der Waals surface area contributed by atoms with Crippen LogP contribution in [0.3, 0.4) is 0 Å². The Labute approximate surface area is 169 Å². The molecule has 1 atom stereocenters. The number of piperazine rings is 1. The van der Waals surface area contributed by atoms with Crippen LogP contribution in [-0.2, 0) is 4.79 Å². The smallest absolute Gasteiger partial charge is 0.408 e. The zero-order chi connectivity index (χ0) is 21.1. The fourth-order valence-corrected chi connectivity index (χ4v) is 3.39. The Balaban J connectivity index is 2.00. The first-order valence-electron chi connectivity index (χ1n) is 8.42. The lowest BCUT2D eigenvalue weighted by Gasteiger charge is -2.38. The molecule has 0 aliphatic carbocycles. The molecule has 0 bridgehead atoms. The minimum Gasteiger partial charge on any atom is -0.465 e. The number of nitro benzene ring substituents is 1. The average Bonchev–Trinajstić information content (AvgIpc) is 2.70. The summed E-state index contributed by atoms with van der Waals surface area (Å²) < 4.78 is 19.4. The topological polar surface area (TPSA) is 113 Å². The molecule has 1 heterocycles. The molecule has 0 spiro atoms. The number of nitrogens with zero attached hydrogens (tertiary/aromatic N) is 3. The van der Waals surface area contributed by atoms with E-state index in [1.165, 1.54) is 29.2 Å². The highest BCUT2D eigenvalue weighted by Crippen LogP contribution is 2.44. The first kappa shape index (κ1) is 20.3. The number of para-hydroxylation sites is 1. The number of aldehydes is 1. The second-order valence-corrected chi connectivity index (χ2v) is 6.54. The Hall–Kier alpha value is -3.40. The second-order valence-electron chi connectivity index (χ2n) is 6.16. The predicted molar refractivity (Wildman–Crippen MR) is 101 cm³/mol. The van der Waals surface area contributed by atoms with Crippen molar-refractivity contribution in [1.82, 2.24) is 4.90 Å². The molecule has 1 fully saturated rings. The van der Waals surface area contributed by atoms with Gasteiger partial charge in [0, 0.05) is 25.7 Å². The largest absolute Gasteiger partial charge is 0.465 e. The van der Waals surface area contributed by atoms with E-state index in [-0.39, 0.29) is 47.5 Å². The highest BCUT2D eigenvalue weighted by Gasteiger charge is 2.34. The highest BCUT2D eigenvalue weighted by molar-refractivity contribution is 6.35. The van der Waals surface area contributed by atoms with Gasteiger partial charge in [0.1, 0.15) is 28.8 Å². The summed E-state index contributed by atoms with van der Waals surface area (Å²) in [5, 5.41) is 20.6. The number of amides is 1. The highest BCUT2D eigenvalue weighted by atomic mass is 35.5. The number of benzene rings is 2. The standard InChI is InChI=1S/C18H15ClFN3O6/c19-16-15(29-14-4-2-1-3-12(14)20)6-5-13(23(27)28)17(16)21-7-8-22(18(25)26)11(9-21)10-24/h1-6,10-11H,7-9H2,(H,25,26)/t11-/m1/s1. The van der Waals surface area contributed by atoms with Crippen molar-refractivity contribution in [2.45, 2.75) is 6.04 Å². The average molecular weight is 424 g/mol. The van der Waals surface area contributed by atoms with Crippen LogP contribution in [0.25, 0.3) is 0 Å². The van der Waals surface area contributed by atoms with Gasteiger partial charge in [0.15, 0.2) is 11.6 Å². The van der Waals surface area contributed by atoms with E-state index in [0.29, 0.717) is 6.29 Å². The van der Waals surface area contributed by atoms with Crippen LogP contribution in [0, 0.1) is 15.9 Å². The van der Waals surface area contributed by atoms with E-state index in [1.54, 1.807) is 6.07 Å². The van der Waals surface area contributed by atoms with Gasteiger partial charge in [-0.25, -0.2) is 9.18 Å². The number of rotatable bonds is 5. The van der Waals surface area contributed by atoms with Crippen molar-refractivity contribution in [2.24, 2.45) is 0 Å². The van der Waals surface area contributed by atoms with Crippen molar-refractivity contribution < 1.29 is 28.7 Å². The van der Waals surface area contributed by atoms with Crippen LogP contribution in [0.4, 0.5) is 20.6 Å². The zero-order valence-corrected chi connectivity index (χ0v) is 15.6. The molecule has 1 N–H and O–H groups in total. The number of nitro groups is 1. The van der Waals surface area contributed by atoms with Crippen LogP contribution >= 0.6 is 11.6 Å².